The van der Waals surface area contributed by atoms with Gasteiger partial charge in [0, 0.05) is 0 Å². The van der Waals surface area contributed by atoms with Crippen LogP contribution in [-0.4, -0.2) is 19.6 Å². The molecule has 0 aliphatic rings. The summed E-state index contributed by atoms with van der Waals surface area (Å²) in [5.41, 5.74) is 1.94. The van der Waals surface area contributed by atoms with Crippen LogP contribution in [0.3, 0.4) is 0 Å². The van der Waals surface area contributed by atoms with E-state index >= 15 is 0 Å². The van der Waals surface area contributed by atoms with Gasteiger partial charge in [-0.25, -0.2) is 0 Å². The van der Waals surface area contributed by atoms with Gasteiger partial charge >= 0.3 is 0 Å². The maximum atomic E-state index is 12.3. The molecule has 0 radical (unpaired) electrons. The zero-order valence-electron chi connectivity index (χ0n) is 15.4. The Kier molecular flexibility index (Phi) is 7.04. The Morgan fingerprint density at radius 3 is 2.23 bits per heavy atom. The van der Waals surface area contributed by atoms with Crippen molar-refractivity contribution in [1.82, 2.24) is 5.32 Å². The van der Waals surface area contributed by atoms with E-state index < -0.39 is 0 Å². The smallest absolute Gasteiger partial charge is 0.258 e. The van der Waals surface area contributed by atoms with Crippen LogP contribution in [-0.2, 0) is 11.2 Å². The highest BCUT2D eigenvalue weighted by molar-refractivity contribution is 5.78. The Bertz CT molecular complexity index is 746. The fraction of sp³-hybridized carbons (Fsp3) is 0.333. The van der Waals surface area contributed by atoms with E-state index in [-0.39, 0.29) is 24.5 Å². The van der Waals surface area contributed by atoms with Gasteiger partial charge in [0.1, 0.15) is 11.5 Å². The van der Waals surface area contributed by atoms with Gasteiger partial charge in [-0.3, -0.25) is 4.79 Å². The molecule has 0 aromatic heterocycles. The Morgan fingerprint density at radius 2 is 1.69 bits per heavy atom. The Morgan fingerprint density at radius 1 is 1.08 bits per heavy atom. The maximum absolute atomic E-state index is 12.3. The van der Waals surface area contributed by atoms with Gasteiger partial charge in [0.15, 0.2) is 6.61 Å². The summed E-state index contributed by atoms with van der Waals surface area (Å²) in [5, 5.41) is 11.7. The van der Waals surface area contributed by atoms with Crippen molar-refractivity contribution in [3.8, 4) is 17.6 Å². The molecule has 2 rings (SSSR count). The zero-order valence-corrected chi connectivity index (χ0v) is 15.4. The number of nitrogens with one attached hydrogen (secondary N) is 1. The Hall–Kier alpha value is -3.00. The summed E-state index contributed by atoms with van der Waals surface area (Å²) in [5.74, 6) is 1.44. The molecule has 26 heavy (non-hydrogen) atoms. The highest BCUT2D eigenvalue weighted by Gasteiger charge is 2.18. The molecule has 1 atom stereocenters. The summed E-state index contributed by atoms with van der Waals surface area (Å²) in [6.45, 7) is 4.06. The molecule has 0 aliphatic heterocycles. The van der Waals surface area contributed by atoms with Crippen molar-refractivity contribution in [2.24, 2.45) is 5.92 Å². The van der Waals surface area contributed by atoms with Crippen LogP contribution in [0.2, 0.25) is 0 Å². The number of methoxy groups -OCH3 is 1. The highest BCUT2D eigenvalue weighted by Crippen LogP contribution is 2.24. The molecule has 0 fully saturated rings. The molecule has 0 aliphatic carbocycles. The first-order valence-corrected chi connectivity index (χ1v) is 8.55. The van der Waals surface area contributed by atoms with Crippen LogP contribution < -0.4 is 14.8 Å². The number of amides is 1. The van der Waals surface area contributed by atoms with Crippen molar-refractivity contribution in [2.75, 3.05) is 13.7 Å². The summed E-state index contributed by atoms with van der Waals surface area (Å²) in [7, 11) is 1.63. The third-order valence-electron chi connectivity index (χ3n) is 4.03. The van der Waals surface area contributed by atoms with Crippen molar-refractivity contribution in [2.45, 2.75) is 26.3 Å². The van der Waals surface area contributed by atoms with Crippen molar-refractivity contribution in [3.05, 3.63) is 59.7 Å². The number of nitriles is 1. The lowest BCUT2D eigenvalue weighted by molar-refractivity contribution is -0.124. The average molecular weight is 352 g/mol. The molecule has 1 unspecified atom stereocenters. The Labute approximate surface area is 154 Å². The molecule has 1 amide bonds. The second-order valence-electron chi connectivity index (χ2n) is 6.33. The van der Waals surface area contributed by atoms with Gasteiger partial charge in [-0.1, -0.05) is 38.1 Å². The van der Waals surface area contributed by atoms with Gasteiger partial charge in [-0.15, -0.1) is 0 Å². The van der Waals surface area contributed by atoms with Crippen LogP contribution in [0.5, 0.6) is 11.5 Å². The second-order valence-corrected chi connectivity index (χ2v) is 6.33. The number of carbonyl (C=O) groups is 1. The minimum Gasteiger partial charge on any atom is -0.497 e. The molecule has 2 aromatic rings. The first kappa shape index (κ1) is 19.3. The van der Waals surface area contributed by atoms with Crippen LogP contribution in [0.1, 0.15) is 31.0 Å². The monoisotopic (exact) mass is 352 g/mol. The summed E-state index contributed by atoms with van der Waals surface area (Å²) in [6.07, 6.45) is 0.360. The lowest BCUT2D eigenvalue weighted by Crippen LogP contribution is -2.35. The van der Waals surface area contributed by atoms with Gasteiger partial charge in [-0.05, 0) is 41.3 Å². The number of ether oxygens (including phenoxy) is 2. The van der Waals surface area contributed by atoms with E-state index in [2.05, 4.69) is 25.2 Å². The third-order valence-corrected chi connectivity index (χ3v) is 4.03. The number of rotatable bonds is 8. The minimum atomic E-state index is -0.180. The number of hydrogen-bond donors (Lipinski definition) is 1. The lowest BCUT2D eigenvalue weighted by Gasteiger charge is -2.23. The van der Waals surface area contributed by atoms with E-state index in [1.165, 1.54) is 0 Å². The fourth-order valence-electron chi connectivity index (χ4n) is 2.60. The molecule has 136 valence electrons. The molecule has 5 heteroatoms. The number of hydrogen-bond acceptors (Lipinski definition) is 4. The standard InChI is InChI=1S/C21H24N2O3/c1-15(2)21(17-6-10-18(25-3)11-7-17)23-20(24)14-26-19-8-4-16(5-9-19)12-13-22/h4-11,15,21H,12,14H2,1-3H3,(H,23,24). The normalized spacial score (nSPS) is 11.5. The molecule has 0 heterocycles. The van der Waals surface area contributed by atoms with E-state index in [9.17, 15) is 4.79 Å². The second kappa shape index (κ2) is 9.47. The largest absolute Gasteiger partial charge is 0.497 e. The van der Waals surface area contributed by atoms with Crippen molar-refractivity contribution < 1.29 is 14.3 Å². The summed E-state index contributed by atoms with van der Waals surface area (Å²) >= 11 is 0. The van der Waals surface area contributed by atoms with E-state index in [0.29, 0.717) is 12.2 Å². The van der Waals surface area contributed by atoms with Crippen molar-refractivity contribution >= 4 is 5.91 Å². The van der Waals surface area contributed by atoms with E-state index in [1.54, 1.807) is 19.2 Å². The number of carbonyl (C=O) groups excluding carboxylic acids is 1. The predicted octanol–water partition coefficient (Wildman–Crippen LogP) is 3.65. The predicted molar refractivity (Wildman–Crippen MR) is 100.0 cm³/mol. The summed E-state index contributed by atoms with van der Waals surface area (Å²) in [4.78, 5) is 12.3. The van der Waals surface area contributed by atoms with E-state index in [0.717, 1.165) is 16.9 Å². The minimum absolute atomic E-state index is 0.0586. The van der Waals surface area contributed by atoms with Crippen molar-refractivity contribution in [1.29, 1.82) is 5.26 Å². The van der Waals surface area contributed by atoms with Gasteiger partial charge in [0.25, 0.3) is 5.91 Å². The maximum Gasteiger partial charge on any atom is 0.258 e. The summed E-state index contributed by atoms with van der Waals surface area (Å²) in [6, 6.07) is 16.9. The van der Waals surface area contributed by atoms with Gasteiger partial charge < -0.3 is 14.8 Å². The van der Waals surface area contributed by atoms with Crippen LogP contribution in [0.4, 0.5) is 0 Å². The average Bonchev–Trinajstić information content (AvgIpc) is 2.66. The third kappa shape index (κ3) is 5.52. The van der Waals surface area contributed by atoms with Crippen LogP contribution >= 0.6 is 0 Å². The van der Waals surface area contributed by atoms with Crippen LogP contribution in [0.25, 0.3) is 0 Å². The number of benzene rings is 2. The van der Waals surface area contributed by atoms with Gasteiger partial charge in [0.2, 0.25) is 0 Å². The molecule has 5 nitrogen and oxygen atoms in total. The van der Waals surface area contributed by atoms with Gasteiger partial charge in [0.05, 0.1) is 25.6 Å². The summed E-state index contributed by atoms with van der Waals surface area (Å²) < 4.78 is 10.7. The first-order valence-electron chi connectivity index (χ1n) is 8.55. The Balaban J connectivity index is 1.93. The SMILES string of the molecule is COc1ccc(C(NC(=O)COc2ccc(CC#N)cc2)C(C)C)cc1. The van der Waals surface area contributed by atoms with Crippen molar-refractivity contribution in [3.63, 3.8) is 0 Å². The molecule has 2 aromatic carbocycles. The quantitative estimate of drug-likeness (QED) is 0.787. The van der Waals surface area contributed by atoms with E-state index in [1.807, 2.05) is 36.4 Å². The highest BCUT2D eigenvalue weighted by atomic mass is 16.5. The lowest BCUT2D eigenvalue weighted by atomic mass is 9.96. The topological polar surface area (TPSA) is 71.3 Å². The van der Waals surface area contributed by atoms with Crippen LogP contribution in [0.15, 0.2) is 48.5 Å². The first-order chi connectivity index (χ1) is 12.5. The molecular formula is C21H24N2O3. The molecule has 0 saturated carbocycles. The fourth-order valence-corrected chi connectivity index (χ4v) is 2.60. The molecule has 1 N–H and O–H groups in total. The molecule has 0 spiro atoms. The van der Waals surface area contributed by atoms with Crippen LogP contribution in [0, 0.1) is 17.2 Å². The van der Waals surface area contributed by atoms with E-state index in [4.69, 9.17) is 14.7 Å². The zero-order chi connectivity index (χ0) is 18.9. The molecular weight excluding hydrogens is 328 g/mol. The molecule has 0 saturated heterocycles. The van der Waals surface area contributed by atoms with Gasteiger partial charge in [-0.2, -0.15) is 5.26 Å². The molecule has 0 bridgehead atoms. The number of nitrogens with zero attached hydrogens (tertiary/aromatic N) is 1.